The Balaban J connectivity index is 2.63. The van der Waals surface area contributed by atoms with Crippen LogP contribution in [0.25, 0.3) is 0 Å². The van der Waals surface area contributed by atoms with Gasteiger partial charge in [0, 0.05) is 11.6 Å². The Labute approximate surface area is 112 Å². The van der Waals surface area contributed by atoms with Crippen LogP contribution in [0.15, 0.2) is 0 Å². The molecule has 1 aliphatic carbocycles. The predicted molar refractivity (Wildman–Crippen MR) is 75.8 cm³/mol. The van der Waals surface area contributed by atoms with E-state index in [1.165, 1.54) is 0 Å². The molecule has 1 saturated carbocycles. The Morgan fingerprint density at radius 1 is 1.44 bits per heavy atom. The van der Waals surface area contributed by atoms with E-state index in [4.69, 9.17) is 4.74 Å². The van der Waals surface area contributed by atoms with E-state index in [1.807, 2.05) is 0 Å². The van der Waals surface area contributed by atoms with Crippen molar-refractivity contribution in [2.45, 2.75) is 90.0 Å². The van der Waals surface area contributed by atoms with E-state index in [1.54, 1.807) is 0 Å². The van der Waals surface area contributed by atoms with Crippen molar-refractivity contribution in [2.24, 2.45) is 0 Å². The van der Waals surface area contributed by atoms with E-state index >= 15 is 0 Å². The molecule has 108 valence electrons. The molecule has 1 aliphatic rings. The van der Waals surface area contributed by atoms with E-state index in [0.717, 1.165) is 32.1 Å². The summed E-state index contributed by atoms with van der Waals surface area (Å²) in [6.45, 7) is 10.9. The van der Waals surface area contributed by atoms with Crippen molar-refractivity contribution in [2.75, 3.05) is 6.61 Å². The highest BCUT2D eigenvalue weighted by Crippen LogP contribution is 2.33. The molecule has 0 spiro atoms. The first-order valence-electron chi connectivity index (χ1n) is 7.39. The number of aliphatic hydroxyl groups excluding tert-OH is 1. The van der Waals surface area contributed by atoms with Gasteiger partial charge in [0.05, 0.1) is 18.3 Å². The van der Waals surface area contributed by atoms with Crippen LogP contribution in [0.1, 0.15) is 66.7 Å². The standard InChI is InChI=1S/C15H31NO2/c1-6-14(4,5)18-13-8-7-9-15(10-13,11-17)16-12(2)3/h12-13,16-17H,6-11H2,1-5H3. The summed E-state index contributed by atoms with van der Waals surface area (Å²) in [5.74, 6) is 0. The van der Waals surface area contributed by atoms with E-state index in [2.05, 4.69) is 39.9 Å². The predicted octanol–water partition coefficient (Wildman–Crippen LogP) is 2.86. The van der Waals surface area contributed by atoms with Gasteiger partial charge in [0.25, 0.3) is 0 Å². The summed E-state index contributed by atoms with van der Waals surface area (Å²) in [5.41, 5.74) is -0.193. The van der Waals surface area contributed by atoms with Gasteiger partial charge in [-0.25, -0.2) is 0 Å². The average molecular weight is 257 g/mol. The van der Waals surface area contributed by atoms with Gasteiger partial charge < -0.3 is 15.2 Å². The lowest BCUT2D eigenvalue weighted by Gasteiger charge is -2.43. The molecule has 0 amide bonds. The fourth-order valence-corrected chi connectivity index (χ4v) is 2.88. The van der Waals surface area contributed by atoms with Gasteiger partial charge in [0.2, 0.25) is 0 Å². The van der Waals surface area contributed by atoms with Crippen LogP contribution in [0.4, 0.5) is 0 Å². The van der Waals surface area contributed by atoms with Gasteiger partial charge in [-0.3, -0.25) is 0 Å². The molecule has 2 N–H and O–H groups in total. The Hall–Kier alpha value is -0.120. The van der Waals surface area contributed by atoms with Crippen LogP contribution in [-0.4, -0.2) is 35.0 Å². The molecule has 2 atom stereocenters. The lowest BCUT2D eigenvalue weighted by atomic mass is 9.80. The second kappa shape index (κ2) is 6.36. The molecule has 0 aromatic carbocycles. The number of rotatable bonds is 6. The molecule has 0 heterocycles. The topological polar surface area (TPSA) is 41.5 Å². The van der Waals surface area contributed by atoms with Crippen LogP contribution in [-0.2, 0) is 4.74 Å². The zero-order chi connectivity index (χ0) is 13.8. The molecule has 0 aromatic rings. The summed E-state index contributed by atoms with van der Waals surface area (Å²) in [6, 6.07) is 0.398. The fraction of sp³-hybridized carbons (Fsp3) is 1.00. The highest BCUT2D eigenvalue weighted by molar-refractivity contribution is 4.95. The molecule has 1 fully saturated rings. The molecule has 0 bridgehead atoms. The van der Waals surface area contributed by atoms with E-state index < -0.39 is 0 Å². The first-order valence-corrected chi connectivity index (χ1v) is 7.39. The van der Waals surface area contributed by atoms with Crippen LogP contribution in [0.3, 0.4) is 0 Å². The third kappa shape index (κ3) is 4.52. The molecule has 3 nitrogen and oxygen atoms in total. The monoisotopic (exact) mass is 257 g/mol. The van der Waals surface area contributed by atoms with E-state index in [9.17, 15) is 5.11 Å². The van der Waals surface area contributed by atoms with E-state index in [-0.39, 0.29) is 23.9 Å². The van der Waals surface area contributed by atoms with Crippen LogP contribution < -0.4 is 5.32 Å². The summed E-state index contributed by atoms with van der Waals surface area (Å²) >= 11 is 0. The number of nitrogens with one attached hydrogen (secondary N) is 1. The van der Waals surface area contributed by atoms with Crippen molar-refractivity contribution in [1.82, 2.24) is 5.32 Å². The van der Waals surface area contributed by atoms with Gasteiger partial charge >= 0.3 is 0 Å². The third-order valence-electron chi connectivity index (χ3n) is 4.03. The summed E-state index contributed by atoms with van der Waals surface area (Å²) in [7, 11) is 0. The Morgan fingerprint density at radius 2 is 2.11 bits per heavy atom. The molecule has 1 rings (SSSR count). The van der Waals surface area contributed by atoms with Gasteiger partial charge in [-0.2, -0.15) is 0 Å². The summed E-state index contributed by atoms with van der Waals surface area (Å²) in [5, 5.41) is 13.3. The van der Waals surface area contributed by atoms with Crippen LogP contribution >= 0.6 is 0 Å². The van der Waals surface area contributed by atoms with Crippen molar-refractivity contribution < 1.29 is 9.84 Å². The number of hydrogen-bond donors (Lipinski definition) is 2. The van der Waals surface area contributed by atoms with Gasteiger partial charge in [0.1, 0.15) is 0 Å². The summed E-state index contributed by atoms with van der Waals surface area (Å²) in [6.07, 6.45) is 5.51. The van der Waals surface area contributed by atoms with Crippen molar-refractivity contribution in [3.8, 4) is 0 Å². The van der Waals surface area contributed by atoms with E-state index in [0.29, 0.717) is 6.04 Å². The van der Waals surface area contributed by atoms with Gasteiger partial charge in [-0.1, -0.05) is 20.8 Å². The van der Waals surface area contributed by atoms with Crippen molar-refractivity contribution in [3.63, 3.8) is 0 Å². The molecule has 0 aliphatic heterocycles. The first kappa shape index (κ1) is 15.9. The van der Waals surface area contributed by atoms with Crippen molar-refractivity contribution in [3.05, 3.63) is 0 Å². The Bertz CT molecular complexity index is 253. The SMILES string of the molecule is CCC(C)(C)OC1CCCC(CO)(NC(C)C)C1. The quantitative estimate of drug-likeness (QED) is 0.769. The normalized spacial score (nSPS) is 29.8. The minimum Gasteiger partial charge on any atom is -0.394 e. The maximum atomic E-state index is 9.75. The lowest BCUT2D eigenvalue weighted by Crippen LogP contribution is -2.56. The molecule has 2 unspecified atom stereocenters. The van der Waals surface area contributed by atoms with Crippen LogP contribution in [0, 0.1) is 0 Å². The minimum absolute atomic E-state index is 0.0545. The van der Waals surface area contributed by atoms with Gasteiger partial charge in [0.15, 0.2) is 0 Å². The second-order valence-electron chi connectivity index (χ2n) is 6.69. The summed E-state index contributed by atoms with van der Waals surface area (Å²) < 4.78 is 6.22. The molecule has 0 aromatic heterocycles. The second-order valence-corrected chi connectivity index (χ2v) is 6.69. The van der Waals surface area contributed by atoms with Gasteiger partial charge in [-0.05, 0) is 46.0 Å². The largest absolute Gasteiger partial charge is 0.394 e. The van der Waals surface area contributed by atoms with Crippen LogP contribution in [0.5, 0.6) is 0 Å². The first-order chi connectivity index (χ1) is 8.32. The maximum Gasteiger partial charge on any atom is 0.0627 e. The van der Waals surface area contributed by atoms with Crippen molar-refractivity contribution in [1.29, 1.82) is 0 Å². The zero-order valence-corrected chi connectivity index (χ0v) is 12.8. The van der Waals surface area contributed by atoms with Crippen LogP contribution in [0.2, 0.25) is 0 Å². The number of aliphatic hydroxyl groups is 1. The molecular formula is C15H31NO2. The molecule has 0 radical (unpaired) electrons. The molecule has 18 heavy (non-hydrogen) atoms. The number of ether oxygens (including phenoxy) is 1. The molecular weight excluding hydrogens is 226 g/mol. The Kier molecular flexibility index (Phi) is 5.63. The lowest BCUT2D eigenvalue weighted by molar-refractivity contribution is -0.104. The molecule has 0 saturated heterocycles. The van der Waals surface area contributed by atoms with Gasteiger partial charge in [-0.15, -0.1) is 0 Å². The number of hydrogen-bond acceptors (Lipinski definition) is 3. The third-order valence-corrected chi connectivity index (χ3v) is 4.03. The zero-order valence-electron chi connectivity index (χ0n) is 12.8. The average Bonchev–Trinajstić information content (AvgIpc) is 2.28. The molecule has 3 heteroatoms. The highest BCUT2D eigenvalue weighted by Gasteiger charge is 2.38. The maximum absolute atomic E-state index is 9.75. The fourth-order valence-electron chi connectivity index (χ4n) is 2.88. The highest BCUT2D eigenvalue weighted by atomic mass is 16.5. The van der Waals surface area contributed by atoms with Crippen molar-refractivity contribution >= 4 is 0 Å². The smallest absolute Gasteiger partial charge is 0.0627 e. The summed E-state index contributed by atoms with van der Waals surface area (Å²) in [4.78, 5) is 0. The Morgan fingerprint density at radius 3 is 2.61 bits per heavy atom. The minimum atomic E-state index is -0.138.